The number of halogens is 1. The number of carbonyl (C=O) groups excluding carboxylic acids is 1. The second-order valence-electron chi connectivity index (χ2n) is 6.85. The Morgan fingerprint density at radius 2 is 2.28 bits per heavy atom. The Hall–Kier alpha value is -1.96. The first-order valence-corrected chi connectivity index (χ1v) is 8.70. The molecule has 1 saturated carbocycles. The van der Waals surface area contributed by atoms with Crippen LogP contribution in [0.3, 0.4) is 0 Å². The zero-order valence-corrected chi connectivity index (χ0v) is 15.6. The topological polar surface area (TPSA) is 98.5 Å². The number of nitrogens with zero attached hydrogens (tertiary/aromatic N) is 4. The number of anilines is 1. The van der Waals surface area contributed by atoms with Crippen LogP contribution in [0.15, 0.2) is 6.20 Å². The highest BCUT2D eigenvalue weighted by Gasteiger charge is 2.43. The van der Waals surface area contributed by atoms with Crippen LogP contribution in [-0.4, -0.2) is 33.1 Å². The van der Waals surface area contributed by atoms with Crippen LogP contribution in [0.4, 0.5) is 11.5 Å². The van der Waals surface area contributed by atoms with Crippen molar-refractivity contribution >= 4 is 29.1 Å². The second-order valence-corrected chi connectivity index (χ2v) is 7.19. The van der Waals surface area contributed by atoms with E-state index >= 15 is 0 Å². The minimum atomic E-state index is -0.709. The van der Waals surface area contributed by atoms with Crippen molar-refractivity contribution in [1.29, 1.82) is 0 Å². The summed E-state index contributed by atoms with van der Waals surface area (Å²) in [7, 11) is 0. The average molecular weight is 371 g/mol. The first kappa shape index (κ1) is 19.4. The number of carbonyl (C=O) groups is 1. The maximum Gasteiger partial charge on any atom is 0.329 e. The lowest BCUT2D eigenvalue weighted by molar-refractivity contribution is -0.384. The third kappa shape index (κ3) is 4.18. The zero-order chi connectivity index (χ0) is 18.8. The van der Waals surface area contributed by atoms with Gasteiger partial charge in [-0.15, -0.1) is 0 Å². The minimum absolute atomic E-state index is 0.0724. The predicted molar refractivity (Wildman–Crippen MR) is 93.4 cm³/mol. The van der Waals surface area contributed by atoms with Gasteiger partial charge < -0.3 is 9.64 Å². The fourth-order valence-corrected chi connectivity index (χ4v) is 3.52. The van der Waals surface area contributed by atoms with Gasteiger partial charge >= 0.3 is 11.7 Å². The number of hydrogen-bond donors (Lipinski definition) is 0. The van der Waals surface area contributed by atoms with Crippen molar-refractivity contribution in [1.82, 2.24) is 9.97 Å². The van der Waals surface area contributed by atoms with Gasteiger partial charge in [0.1, 0.15) is 6.20 Å². The molecule has 0 spiro atoms. The Bertz CT molecular complexity index is 668. The smallest absolute Gasteiger partial charge is 0.329 e. The van der Waals surface area contributed by atoms with Gasteiger partial charge in [0.15, 0.2) is 6.23 Å². The van der Waals surface area contributed by atoms with Gasteiger partial charge in [-0.05, 0) is 36.8 Å². The summed E-state index contributed by atoms with van der Waals surface area (Å²) in [5, 5.41) is 11.4. The van der Waals surface area contributed by atoms with E-state index in [0.29, 0.717) is 0 Å². The number of hydrogen-bond acceptors (Lipinski definition) is 7. The molecule has 1 aliphatic carbocycles. The van der Waals surface area contributed by atoms with Gasteiger partial charge in [0.05, 0.1) is 4.92 Å². The van der Waals surface area contributed by atoms with E-state index in [0.717, 1.165) is 25.5 Å². The second kappa shape index (κ2) is 7.51. The van der Waals surface area contributed by atoms with Crippen molar-refractivity contribution < 1.29 is 14.5 Å². The van der Waals surface area contributed by atoms with Crippen LogP contribution in [0.5, 0.6) is 0 Å². The molecule has 138 valence electrons. The van der Waals surface area contributed by atoms with E-state index in [4.69, 9.17) is 16.3 Å². The molecule has 0 bridgehead atoms. The SMILES string of the molecule is CCC(=O)OC(C)N(c1nc(Cl)ncc1[N+](=O)[O-])C1CCCC1(C)C. The van der Waals surface area contributed by atoms with Crippen LogP contribution in [0.2, 0.25) is 5.28 Å². The first-order valence-electron chi connectivity index (χ1n) is 8.32. The van der Waals surface area contributed by atoms with Gasteiger partial charge in [-0.2, -0.15) is 4.98 Å². The minimum Gasteiger partial charge on any atom is -0.442 e. The van der Waals surface area contributed by atoms with Crippen molar-refractivity contribution in [3.63, 3.8) is 0 Å². The molecule has 0 amide bonds. The maximum atomic E-state index is 11.8. The quantitative estimate of drug-likeness (QED) is 0.247. The van der Waals surface area contributed by atoms with Crippen LogP contribution in [0.25, 0.3) is 0 Å². The monoisotopic (exact) mass is 370 g/mol. The molecule has 1 aromatic rings. The average Bonchev–Trinajstić information content (AvgIpc) is 2.86. The van der Waals surface area contributed by atoms with E-state index in [1.165, 1.54) is 0 Å². The van der Waals surface area contributed by atoms with E-state index in [2.05, 4.69) is 23.8 Å². The van der Waals surface area contributed by atoms with Crippen LogP contribution >= 0.6 is 11.6 Å². The van der Waals surface area contributed by atoms with Crippen LogP contribution < -0.4 is 4.90 Å². The van der Waals surface area contributed by atoms with Gasteiger partial charge in [0.2, 0.25) is 11.1 Å². The number of esters is 1. The lowest BCUT2D eigenvalue weighted by Gasteiger charge is -2.40. The third-order valence-corrected chi connectivity index (χ3v) is 4.86. The van der Waals surface area contributed by atoms with Crippen molar-refractivity contribution in [3.8, 4) is 0 Å². The van der Waals surface area contributed by atoms with Gasteiger partial charge in [-0.25, -0.2) is 4.98 Å². The molecule has 1 fully saturated rings. The molecule has 1 heterocycles. The third-order valence-electron chi connectivity index (χ3n) is 4.68. The molecule has 1 aliphatic rings. The van der Waals surface area contributed by atoms with E-state index in [1.54, 1.807) is 18.7 Å². The summed E-state index contributed by atoms with van der Waals surface area (Å²) in [5.41, 5.74) is -0.371. The van der Waals surface area contributed by atoms with Gasteiger partial charge in [-0.1, -0.05) is 27.2 Å². The molecule has 0 aliphatic heterocycles. The Kier molecular flexibility index (Phi) is 5.82. The van der Waals surface area contributed by atoms with Crippen LogP contribution in [0.1, 0.15) is 53.4 Å². The van der Waals surface area contributed by atoms with E-state index in [1.807, 2.05) is 0 Å². The largest absolute Gasteiger partial charge is 0.442 e. The molecular formula is C16H23ClN4O4. The zero-order valence-electron chi connectivity index (χ0n) is 14.9. The van der Waals surface area contributed by atoms with Crippen molar-refractivity contribution in [2.75, 3.05) is 4.90 Å². The molecule has 9 heteroatoms. The summed E-state index contributed by atoms with van der Waals surface area (Å²) >= 11 is 5.90. The Morgan fingerprint density at radius 3 is 2.80 bits per heavy atom. The summed E-state index contributed by atoms with van der Waals surface area (Å²) in [5.74, 6) is -0.294. The molecule has 0 N–H and O–H groups in total. The molecule has 2 atom stereocenters. The Morgan fingerprint density at radius 1 is 1.60 bits per heavy atom. The molecule has 2 rings (SSSR count). The molecule has 25 heavy (non-hydrogen) atoms. The molecule has 0 aromatic carbocycles. The first-order chi connectivity index (χ1) is 11.7. The standard InChI is InChI=1S/C16H23ClN4O4/c1-5-13(22)25-10(2)20(12-7-6-8-16(12,3)4)14-11(21(23)24)9-18-15(17)19-14/h9-10,12H,5-8H2,1-4H3. The van der Waals surface area contributed by atoms with Crippen molar-refractivity contribution in [2.24, 2.45) is 5.41 Å². The Balaban J connectivity index is 2.53. The van der Waals surface area contributed by atoms with Crippen LogP contribution in [0, 0.1) is 15.5 Å². The lowest BCUT2D eigenvalue weighted by atomic mass is 9.86. The molecule has 1 aromatic heterocycles. The van der Waals surface area contributed by atoms with E-state index in [-0.39, 0.29) is 40.6 Å². The fraction of sp³-hybridized carbons (Fsp3) is 0.688. The number of aromatic nitrogens is 2. The molecule has 2 unspecified atom stereocenters. The number of rotatable bonds is 6. The normalized spacial score (nSPS) is 20.1. The van der Waals surface area contributed by atoms with Gasteiger partial charge in [0.25, 0.3) is 0 Å². The molecule has 0 saturated heterocycles. The summed E-state index contributed by atoms with van der Waals surface area (Å²) < 4.78 is 5.46. The molecule has 0 radical (unpaired) electrons. The number of nitro groups is 1. The highest BCUT2D eigenvalue weighted by Crippen LogP contribution is 2.44. The lowest BCUT2D eigenvalue weighted by Crippen LogP contribution is -2.49. The summed E-state index contributed by atoms with van der Waals surface area (Å²) in [6.07, 6.45) is 3.37. The maximum absolute atomic E-state index is 11.8. The molecule has 8 nitrogen and oxygen atoms in total. The highest BCUT2D eigenvalue weighted by atomic mass is 35.5. The summed E-state index contributed by atoms with van der Waals surface area (Å²) in [4.78, 5) is 32.2. The van der Waals surface area contributed by atoms with Crippen molar-refractivity contribution in [2.45, 2.75) is 65.6 Å². The van der Waals surface area contributed by atoms with E-state index < -0.39 is 11.2 Å². The van der Waals surface area contributed by atoms with Gasteiger partial charge in [0, 0.05) is 12.5 Å². The van der Waals surface area contributed by atoms with Crippen LogP contribution in [-0.2, 0) is 9.53 Å². The van der Waals surface area contributed by atoms with Gasteiger partial charge in [-0.3, -0.25) is 14.9 Å². The van der Waals surface area contributed by atoms with E-state index in [9.17, 15) is 14.9 Å². The highest BCUT2D eigenvalue weighted by molar-refractivity contribution is 6.28. The number of ether oxygens (including phenoxy) is 1. The molecular weight excluding hydrogens is 348 g/mol. The fourth-order valence-electron chi connectivity index (χ4n) is 3.39. The Labute approximate surface area is 151 Å². The summed E-state index contributed by atoms with van der Waals surface area (Å²) in [6.45, 7) is 7.59. The predicted octanol–water partition coefficient (Wildman–Crippen LogP) is 3.72. The van der Waals surface area contributed by atoms with Crippen molar-refractivity contribution in [3.05, 3.63) is 21.6 Å². The summed E-state index contributed by atoms with van der Waals surface area (Å²) in [6, 6.07) is -0.0724.